The number of carbonyl (C=O) groups is 4. The Labute approximate surface area is 228 Å². The predicted octanol–water partition coefficient (Wildman–Crippen LogP) is 1.59. The maximum Gasteiger partial charge on any atom is 0.249 e. The lowest BCUT2D eigenvalue weighted by Gasteiger charge is -2.35. The van der Waals surface area contributed by atoms with Gasteiger partial charge in [-0.25, -0.2) is 0 Å². The fourth-order valence-corrected chi connectivity index (χ4v) is 7.37. The fraction of sp³-hybridized carbons (Fsp3) is 0.586. The van der Waals surface area contributed by atoms with E-state index in [1.807, 2.05) is 65.2 Å². The third-order valence-corrected chi connectivity index (χ3v) is 9.12. The summed E-state index contributed by atoms with van der Waals surface area (Å²) in [5, 5.41) is 5.92. The molecule has 39 heavy (non-hydrogen) atoms. The molecule has 2 amide bonds. The summed E-state index contributed by atoms with van der Waals surface area (Å²) in [5.41, 5.74) is 0.384. The van der Waals surface area contributed by atoms with Gasteiger partial charge in [0.1, 0.15) is 47.1 Å². The second kappa shape index (κ2) is 8.14. The molecular weight excluding hydrogens is 500 g/mol. The van der Waals surface area contributed by atoms with Crippen LogP contribution in [-0.2, 0) is 28.7 Å². The highest BCUT2D eigenvalue weighted by molar-refractivity contribution is 6.13. The zero-order valence-corrected chi connectivity index (χ0v) is 23.7. The van der Waals surface area contributed by atoms with Crippen LogP contribution in [0.1, 0.15) is 61.8 Å². The fourth-order valence-electron chi connectivity index (χ4n) is 7.37. The average molecular weight is 537 g/mol. The van der Waals surface area contributed by atoms with Gasteiger partial charge in [0.25, 0.3) is 0 Å². The number of ketones is 2. The van der Waals surface area contributed by atoms with Gasteiger partial charge in [0.2, 0.25) is 11.8 Å². The largest absolute Gasteiger partial charge is 0.364 e. The summed E-state index contributed by atoms with van der Waals surface area (Å²) in [7, 11) is 0. The molecule has 0 spiro atoms. The molecule has 0 radical (unpaired) electrons. The summed E-state index contributed by atoms with van der Waals surface area (Å²) in [6, 6.07) is -0.260. The highest BCUT2D eigenvalue weighted by Crippen LogP contribution is 2.57. The lowest BCUT2D eigenvalue weighted by Crippen LogP contribution is -2.52. The van der Waals surface area contributed by atoms with E-state index in [4.69, 9.17) is 9.47 Å². The first kappa shape index (κ1) is 26.0. The number of nitrogens with one attached hydrogen (secondary N) is 2. The van der Waals surface area contributed by atoms with Crippen molar-refractivity contribution in [3.05, 3.63) is 46.1 Å². The first-order valence-corrected chi connectivity index (χ1v) is 13.6. The van der Waals surface area contributed by atoms with E-state index in [2.05, 4.69) is 10.6 Å². The number of rotatable bonds is 6. The lowest BCUT2D eigenvalue weighted by atomic mass is 9.85. The molecule has 10 nitrogen and oxygen atoms in total. The standard InChI is InChI=1S/C29H36N4O6/c1-12(2)9-18(34)30-26-16(22(36)28(7)24-20(38-24)14(5)32(26)28)11-17-23(37)29(8)25-21(39-25)15(6)33(29)27(17)31-19(35)10-13(3)4/h9-10,14-15,20-21,24-25H,11H2,1-8H3,(H,30,34)(H,31,35). The summed E-state index contributed by atoms with van der Waals surface area (Å²) in [6.45, 7) is 14.9. The second-order valence-corrected chi connectivity index (χ2v) is 12.5. The Balaban J connectivity index is 1.45. The lowest BCUT2D eigenvalue weighted by molar-refractivity contribution is -0.125. The molecule has 4 saturated heterocycles. The van der Waals surface area contributed by atoms with Crippen LogP contribution in [0.25, 0.3) is 0 Å². The molecule has 4 fully saturated rings. The van der Waals surface area contributed by atoms with Crippen LogP contribution in [0.2, 0.25) is 0 Å². The first-order chi connectivity index (χ1) is 18.2. The normalized spacial score (nSPS) is 38.9. The van der Waals surface area contributed by atoms with Crippen molar-refractivity contribution >= 4 is 23.4 Å². The van der Waals surface area contributed by atoms with Gasteiger partial charge in [-0.2, -0.15) is 0 Å². The van der Waals surface area contributed by atoms with Crippen LogP contribution in [0.4, 0.5) is 0 Å². The van der Waals surface area contributed by atoms with Gasteiger partial charge < -0.3 is 29.9 Å². The van der Waals surface area contributed by atoms with Crippen LogP contribution in [0, 0.1) is 0 Å². The topological polar surface area (TPSA) is 124 Å². The van der Waals surface area contributed by atoms with Gasteiger partial charge in [-0.15, -0.1) is 0 Å². The van der Waals surface area contributed by atoms with Crippen LogP contribution < -0.4 is 10.6 Å². The Morgan fingerprint density at radius 3 is 1.46 bits per heavy atom. The smallest absolute Gasteiger partial charge is 0.249 e. The van der Waals surface area contributed by atoms with Crippen molar-refractivity contribution in [2.75, 3.05) is 0 Å². The quantitative estimate of drug-likeness (QED) is 0.388. The summed E-state index contributed by atoms with van der Waals surface area (Å²) in [5.74, 6) is -0.204. The van der Waals surface area contributed by atoms with Crippen LogP contribution >= 0.6 is 0 Å². The molecule has 8 atom stereocenters. The predicted molar refractivity (Wildman–Crippen MR) is 141 cm³/mol. The van der Waals surface area contributed by atoms with Crippen molar-refractivity contribution < 1.29 is 28.7 Å². The minimum Gasteiger partial charge on any atom is -0.364 e. The molecule has 2 N–H and O–H groups in total. The molecule has 6 aliphatic heterocycles. The van der Waals surface area contributed by atoms with Crippen molar-refractivity contribution in [3.63, 3.8) is 0 Å². The van der Waals surface area contributed by atoms with E-state index in [-0.39, 0.29) is 66.3 Å². The number of morpholine rings is 2. The van der Waals surface area contributed by atoms with Crippen molar-refractivity contribution in [3.8, 4) is 0 Å². The molecule has 6 rings (SSSR count). The van der Waals surface area contributed by atoms with Gasteiger partial charge in [-0.3, -0.25) is 19.2 Å². The van der Waals surface area contributed by atoms with Crippen molar-refractivity contribution in [1.82, 2.24) is 20.4 Å². The van der Waals surface area contributed by atoms with E-state index in [9.17, 15) is 19.2 Å². The number of ether oxygens (including phenoxy) is 2. The van der Waals surface area contributed by atoms with E-state index in [1.54, 1.807) is 0 Å². The van der Waals surface area contributed by atoms with Gasteiger partial charge in [-0.1, -0.05) is 11.1 Å². The Bertz CT molecular complexity index is 1270. The second-order valence-electron chi connectivity index (χ2n) is 12.5. The highest BCUT2D eigenvalue weighted by Gasteiger charge is 2.74. The van der Waals surface area contributed by atoms with Gasteiger partial charge in [0.05, 0.1) is 12.1 Å². The average Bonchev–Trinajstić information content (AvgIpc) is 3.72. The molecule has 6 heterocycles. The van der Waals surface area contributed by atoms with E-state index in [0.717, 1.165) is 11.1 Å². The third-order valence-electron chi connectivity index (χ3n) is 9.12. The SMILES string of the molecule is CC(C)=CC(=O)NC1=C(CC2=C(NC(=O)C=C(C)C)N3C(C)C4OC4C3(C)C2=O)C(=O)C2(C)C3OC3C(C)N12. The molecule has 10 heteroatoms. The van der Waals surface area contributed by atoms with Crippen LogP contribution in [0.15, 0.2) is 46.1 Å². The number of carbonyl (C=O) groups excluding carboxylic acids is 4. The number of nitrogens with zero attached hydrogens (tertiary/aromatic N) is 2. The molecular formula is C29H36N4O6. The number of amides is 2. The molecule has 0 aliphatic carbocycles. The number of hydrogen-bond donors (Lipinski definition) is 2. The van der Waals surface area contributed by atoms with E-state index in [0.29, 0.717) is 22.8 Å². The Kier molecular flexibility index (Phi) is 5.43. The first-order valence-electron chi connectivity index (χ1n) is 13.6. The Morgan fingerprint density at radius 1 is 0.769 bits per heavy atom. The minimum atomic E-state index is -0.973. The summed E-state index contributed by atoms with van der Waals surface area (Å²) >= 11 is 0. The maximum atomic E-state index is 14.1. The number of Topliss-reactive ketones (excluding diaryl/α,β-unsaturated/α-hetero) is 2. The molecule has 0 saturated carbocycles. The molecule has 6 aliphatic rings. The molecule has 0 aromatic rings. The van der Waals surface area contributed by atoms with Gasteiger partial charge in [0, 0.05) is 29.7 Å². The monoisotopic (exact) mass is 536 g/mol. The molecule has 208 valence electrons. The zero-order chi connectivity index (χ0) is 28.3. The van der Waals surface area contributed by atoms with Gasteiger partial charge in [0.15, 0.2) is 11.6 Å². The van der Waals surface area contributed by atoms with Crippen molar-refractivity contribution in [2.45, 2.75) is 109 Å². The van der Waals surface area contributed by atoms with E-state index < -0.39 is 11.1 Å². The van der Waals surface area contributed by atoms with Gasteiger partial charge >= 0.3 is 0 Å². The van der Waals surface area contributed by atoms with Gasteiger partial charge in [-0.05, 0) is 55.4 Å². The summed E-state index contributed by atoms with van der Waals surface area (Å²) < 4.78 is 11.7. The number of hydrogen-bond acceptors (Lipinski definition) is 8. The number of allylic oxidation sites excluding steroid dienone is 2. The Hall–Kier alpha value is -3.24. The van der Waals surface area contributed by atoms with E-state index in [1.165, 1.54) is 12.2 Å². The summed E-state index contributed by atoms with van der Waals surface area (Å²) in [4.78, 5) is 58.0. The Morgan fingerprint density at radius 2 is 1.13 bits per heavy atom. The zero-order valence-electron chi connectivity index (χ0n) is 23.7. The minimum absolute atomic E-state index is 0.0288. The van der Waals surface area contributed by atoms with Crippen LogP contribution in [-0.4, -0.2) is 80.8 Å². The van der Waals surface area contributed by atoms with Crippen LogP contribution in [0.3, 0.4) is 0 Å². The molecule has 0 bridgehead atoms. The number of epoxide rings is 2. The number of fused-ring (bicyclic) bond motifs is 6. The summed E-state index contributed by atoms with van der Waals surface area (Å²) in [6.07, 6.45) is 2.21. The van der Waals surface area contributed by atoms with Crippen molar-refractivity contribution in [2.24, 2.45) is 0 Å². The molecule has 0 aromatic carbocycles. The molecule has 0 aromatic heterocycles. The third kappa shape index (κ3) is 3.40. The van der Waals surface area contributed by atoms with Crippen LogP contribution in [0.5, 0.6) is 0 Å². The maximum absolute atomic E-state index is 14.1. The molecule has 8 unspecified atom stereocenters. The highest BCUT2D eigenvalue weighted by atomic mass is 16.6. The van der Waals surface area contributed by atoms with E-state index >= 15 is 0 Å². The van der Waals surface area contributed by atoms with Crippen molar-refractivity contribution in [1.29, 1.82) is 0 Å².